The Balaban J connectivity index is 1.21. The predicted octanol–water partition coefficient (Wildman–Crippen LogP) is 0.587. The van der Waals surface area contributed by atoms with E-state index in [2.05, 4.69) is 24.8 Å². The number of fused-ring (bicyclic) bond motifs is 1. The van der Waals surface area contributed by atoms with Crippen LogP contribution in [0.2, 0.25) is 0 Å². The summed E-state index contributed by atoms with van der Waals surface area (Å²) in [4.78, 5) is 21.0. The SMILES string of the molecule is O=C(C1CN(S(=O)(=O)c2cccc3nonc23)C1)N1CCN(c2ccncc2)CC1. The van der Waals surface area contributed by atoms with Crippen LogP contribution in [0, 0.1) is 5.92 Å². The zero-order valence-corrected chi connectivity index (χ0v) is 16.9. The van der Waals surface area contributed by atoms with Crippen molar-refractivity contribution >= 4 is 32.7 Å². The maximum atomic E-state index is 13.0. The number of benzene rings is 1. The monoisotopic (exact) mass is 428 g/mol. The van der Waals surface area contributed by atoms with Gasteiger partial charge in [-0.3, -0.25) is 9.78 Å². The predicted molar refractivity (Wildman–Crippen MR) is 107 cm³/mol. The number of amides is 1. The van der Waals surface area contributed by atoms with Crippen LogP contribution in [0.5, 0.6) is 0 Å². The number of carbonyl (C=O) groups excluding carboxylic acids is 1. The third-order valence-electron chi connectivity index (χ3n) is 5.68. The van der Waals surface area contributed by atoms with Gasteiger partial charge in [0.1, 0.15) is 10.4 Å². The van der Waals surface area contributed by atoms with E-state index in [1.54, 1.807) is 24.5 Å². The summed E-state index contributed by atoms with van der Waals surface area (Å²) in [5.41, 5.74) is 1.69. The highest BCUT2D eigenvalue weighted by Gasteiger charge is 2.43. The first-order valence-corrected chi connectivity index (χ1v) is 11.1. The number of hydrogen-bond donors (Lipinski definition) is 0. The molecule has 0 unspecified atom stereocenters. The van der Waals surface area contributed by atoms with Gasteiger partial charge in [-0.05, 0) is 34.6 Å². The molecule has 2 aliphatic rings. The molecule has 0 atom stereocenters. The normalized spacial score (nSPS) is 18.5. The third-order valence-corrected chi connectivity index (χ3v) is 7.55. The summed E-state index contributed by atoms with van der Waals surface area (Å²) in [5, 5.41) is 7.40. The van der Waals surface area contributed by atoms with Crippen LogP contribution in [-0.2, 0) is 14.8 Å². The summed E-state index contributed by atoms with van der Waals surface area (Å²) in [6, 6.07) is 8.63. The van der Waals surface area contributed by atoms with Crippen LogP contribution in [0.25, 0.3) is 11.0 Å². The summed E-state index contributed by atoms with van der Waals surface area (Å²) in [7, 11) is -3.75. The Bertz CT molecular complexity index is 1170. The fourth-order valence-electron chi connectivity index (χ4n) is 3.92. The maximum Gasteiger partial charge on any atom is 0.245 e. The average molecular weight is 428 g/mol. The van der Waals surface area contributed by atoms with Crippen LogP contribution >= 0.6 is 0 Å². The van der Waals surface area contributed by atoms with Crippen molar-refractivity contribution in [2.24, 2.45) is 5.92 Å². The molecule has 0 N–H and O–H groups in total. The van der Waals surface area contributed by atoms with Gasteiger partial charge in [-0.1, -0.05) is 6.07 Å². The summed E-state index contributed by atoms with van der Waals surface area (Å²) in [5.74, 6) is -0.306. The maximum absolute atomic E-state index is 13.0. The Morgan fingerprint density at radius 3 is 2.47 bits per heavy atom. The lowest BCUT2D eigenvalue weighted by Gasteiger charge is -2.42. The largest absolute Gasteiger partial charge is 0.368 e. The molecule has 0 radical (unpaired) electrons. The molecule has 10 nitrogen and oxygen atoms in total. The van der Waals surface area contributed by atoms with Gasteiger partial charge in [-0.25, -0.2) is 13.0 Å². The minimum Gasteiger partial charge on any atom is -0.368 e. The Morgan fingerprint density at radius 1 is 1.00 bits per heavy atom. The number of piperazine rings is 1. The molecule has 1 amide bonds. The minimum absolute atomic E-state index is 0.0112. The van der Waals surface area contributed by atoms with Crippen molar-refractivity contribution < 1.29 is 17.8 Å². The molecule has 2 aliphatic heterocycles. The van der Waals surface area contributed by atoms with E-state index in [1.165, 1.54) is 10.4 Å². The second kappa shape index (κ2) is 7.33. The lowest BCUT2D eigenvalue weighted by molar-refractivity contribution is -0.139. The number of aromatic nitrogens is 3. The lowest BCUT2D eigenvalue weighted by Crippen LogP contribution is -2.59. The van der Waals surface area contributed by atoms with Crippen LogP contribution < -0.4 is 4.90 Å². The van der Waals surface area contributed by atoms with Crippen molar-refractivity contribution in [1.29, 1.82) is 0 Å². The number of nitrogens with zero attached hydrogens (tertiary/aromatic N) is 6. The van der Waals surface area contributed by atoms with Gasteiger partial charge >= 0.3 is 0 Å². The van der Waals surface area contributed by atoms with E-state index in [1.807, 2.05) is 17.0 Å². The molecule has 0 aliphatic carbocycles. The smallest absolute Gasteiger partial charge is 0.245 e. The molecule has 2 saturated heterocycles. The molecular weight excluding hydrogens is 408 g/mol. The average Bonchev–Trinajstić information content (AvgIpc) is 3.22. The molecule has 0 bridgehead atoms. The van der Waals surface area contributed by atoms with Crippen molar-refractivity contribution in [1.82, 2.24) is 24.5 Å². The standard InChI is InChI=1S/C19H20N6O4S/c26-19(24-10-8-23(9-11-24)15-4-6-20-7-5-15)14-12-25(13-14)30(27,28)17-3-1-2-16-18(17)22-29-21-16/h1-7,14H,8-13H2. The van der Waals surface area contributed by atoms with Gasteiger partial charge in [-0.2, -0.15) is 4.31 Å². The zero-order valence-electron chi connectivity index (χ0n) is 16.1. The van der Waals surface area contributed by atoms with Gasteiger partial charge < -0.3 is 9.80 Å². The van der Waals surface area contributed by atoms with E-state index in [0.717, 1.165) is 18.8 Å². The van der Waals surface area contributed by atoms with Gasteiger partial charge in [-0.15, -0.1) is 0 Å². The number of rotatable bonds is 4. The number of carbonyl (C=O) groups is 1. The van der Waals surface area contributed by atoms with E-state index in [4.69, 9.17) is 0 Å². The zero-order chi connectivity index (χ0) is 20.7. The number of pyridine rings is 1. The second-order valence-electron chi connectivity index (χ2n) is 7.42. The molecule has 4 heterocycles. The first-order valence-electron chi connectivity index (χ1n) is 9.69. The molecule has 30 heavy (non-hydrogen) atoms. The highest BCUT2D eigenvalue weighted by atomic mass is 32.2. The second-order valence-corrected chi connectivity index (χ2v) is 9.33. The molecule has 1 aromatic carbocycles. The molecule has 156 valence electrons. The van der Waals surface area contributed by atoms with Crippen molar-refractivity contribution in [3.63, 3.8) is 0 Å². The molecule has 0 saturated carbocycles. The van der Waals surface area contributed by atoms with Crippen molar-refractivity contribution in [3.8, 4) is 0 Å². The minimum atomic E-state index is -3.75. The van der Waals surface area contributed by atoms with Crippen molar-refractivity contribution in [3.05, 3.63) is 42.7 Å². The molecule has 5 rings (SSSR count). The van der Waals surface area contributed by atoms with Crippen molar-refractivity contribution in [2.75, 3.05) is 44.2 Å². The molecule has 2 fully saturated rings. The molecule has 0 spiro atoms. The van der Waals surface area contributed by atoms with E-state index in [-0.39, 0.29) is 35.3 Å². The van der Waals surface area contributed by atoms with E-state index in [9.17, 15) is 13.2 Å². The number of anilines is 1. The van der Waals surface area contributed by atoms with Crippen molar-refractivity contribution in [2.45, 2.75) is 4.90 Å². The quantitative estimate of drug-likeness (QED) is 0.593. The first-order chi connectivity index (χ1) is 14.5. The Labute approximate surface area is 173 Å². The highest BCUT2D eigenvalue weighted by molar-refractivity contribution is 7.89. The summed E-state index contributed by atoms with van der Waals surface area (Å²) in [6.45, 7) is 3.07. The van der Waals surface area contributed by atoms with E-state index < -0.39 is 10.0 Å². The Hall–Kier alpha value is -3.05. The Kier molecular flexibility index (Phi) is 4.63. The highest BCUT2D eigenvalue weighted by Crippen LogP contribution is 2.30. The molecule has 3 aromatic rings. The van der Waals surface area contributed by atoms with Gasteiger partial charge in [0.05, 0.1) is 5.92 Å². The third kappa shape index (κ3) is 3.19. The summed E-state index contributed by atoms with van der Waals surface area (Å²) < 4.78 is 31.9. The van der Waals surface area contributed by atoms with Crippen LogP contribution in [0.15, 0.2) is 52.3 Å². The number of sulfonamides is 1. The summed E-state index contributed by atoms with van der Waals surface area (Å²) in [6.07, 6.45) is 3.51. The van der Waals surface area contributed by atoms with Crippen LogP contribution in [0.1, 0.15) is 0 Å². The topological polar surface area (TPSA) is 113 Å². The van der Waals surface area contributed by atoms with E-state index in [0.29, 0.717) is 18.6 Å². The fraction of sp³-hybridized carbons (Fsp3) is 0.368. The summed E-state index contributed by atoms with van der Waals surface area (Å²) >= 11 is 0. The number of hydrogen-bond acceptors (Lipinski definition) is 8. The molecule has 2 aromatic heterocycles. The van der Waals surface area contributed by atoms with E-state index >= 15 is 0 Å². The fourth-order valence-corrected chi connectivity index (χ4v) is 5.58. The van der Waals surface area contributed by atoms with Gasteiger partial charge in [0.2, 0.25) is 15.9 Å². The molecular formula is C19H20N6O4S. The van der Waals surface area contributed by atoms with Gasteiger partial charge in [0.25, 0.3) is 0 Å². The Morgan fingerprint density at radius 2 is 1.73 bits per heavy atom. The van der Waals surface area contributed by atoms with Gasteiger partial charge in [0, 0.05) is 57.3 Å². The van der Waals surface area contributed by atoms with Crippen LogP contribution in [-0.4, -0.2) is 78.1 Å². The van der Waals surface area contributed by atoms with Crippen LogP contribution in [0.4, 0.5) is 5.69 Å². The first kappa shape index (κ1) is 18.9. The molecule has 11 heteroatoms. The lowest BCUT2D eigenvalue weighted by atomic mass is 10.0. The van der Waals surface area contributed by atoms with Crippen LogP contribution in [0.3, 0.4) is 0 Å². The van der Waals surface area contributed by atoms with Gasteiger partial charge in [0.15, 0.2) is 5.52 Å².